The maximum Gasteiger partial charge on any atom is 0.323 e. The second-order valence-electron chi connectivity index (χ2n) is 13.5. The van der Waals surface area contributed by atoms with Crippen LogP contribution in [0.2, 0.25) is 0 Å². The highest BCUT2D eigenvalue weighted by Gasteiger charge is 2.20. The highest BCUT2D eigenvalue weighted by molar-refractivity contribution is 5.76. The van der Waals surface area contributed by atoms with Crippen molar-refractivity contribution in [1.82, 2.24) is 0 Å². The lowest BCUT2D eigenvalue weighted by Crippen LogP contribution is -2.36. The van der Waals surface area contributed by atoms with Gasteiger partial charge < -0.3 is 21.9 Å². The van der Waals surface area contributed by atoms with E-state index in [0.29, 0.717) is 13.0 Å². The summed E-state index contributed by atoms with van der Waals surface area (Å²) in [5.41, 5.74) is 16.9. The molecule has 0 aromatic heterocycles. The summed E-state index contributed by atoms with van der Waals surface area (Å²) in [6.45, 7) is 4.84. The van der Waals surface area contributed by atoms with Gasteiger partial charge >= 0.3 is 5.97 Å². The Labute approximate surface area is 297 Å². The number of guanidine groups is 1. The third-order valence-electron chi connectivity index (χ3n) is 8.77. The second kappa shape index (κ2) is 37.5. The molecule has 0 aromatic carbocycles. The molecule has 0 heterocycles. The number of rotatable bonds is 35. The van der Waals surface area contributed by atoms with E-state index in [4.69, 9.17) is 21.9 Å². The first-order valence-corrected chi connectivity index (χ1v) is 20.1. The summed E-state index contributed by atoms with van der Waals surface area (Å²) in [7, 11) is 0. The molecule has 6 nitrogen and oxygen atoms in total. The highest BCUT2D eigenvalue weighted by atomic mass is 16.5. The summed E-state index contributed by atoms with van der Waals surface area (Å²) >= 11 is 0. The van der Waals surface area contributed by atoms with Crippen molar-refractivity contribution >= 4 is 11.9 Å². The van der Waals surface area contributed by atoms with E-state index in [0.717, 1.165) is 38.5 Å². The van der Waals surface area contributed by atoms with E-state index in [-0.39, 0.29) is 18.0 Å². The Bertz CT molecular complexity index is 797. The van der Waals surface area contributed by atoms with E-state index in [1.807, 2.05) is 0 Å². The maximum atomic E-state index is 12.7. The molecule has 6 N–H and O–H groups in total. The Hall–Kier alpha value is -2.34. The third-order valence-corrected chi connectivity index (χ3v) is 8.77. The van der Waals surface area contributed by atoms with Gasteiger partial charge in [-0.3, -0.25) is 9.79 Å². The zero-order valence-corrected chi connectivity index (χ0v) is 31.6. The van der Waals surface area contributed by atoms with Gasteiger partial charge in [-0.15, -0.1) is 0 Å². The Morgan fingerprint density at radius 3 is 1.31 bits per heavy atom. The number of hydrogen-bond donors (Lipinski definition) is 3. The van der Waals surface area contributed by atoms with E-state index < -0.39 is 6.04 Å². The predicted molar refractivity (Wildman–Crippen MR) is 211 cm³/mol. The number of carbonyl (C=O) groups excluding carboxylic acids is 1. The Morgan fingerprint density at radius 2 is 0.917 bits per heavy atom. The second-order valence-corrected chi connectivity index (χ2v) is 13.5. The van der Waals surface area contributed by atoms with Crippen LogP contribution in [0.5, 0.6) is 0 Å². The molecule has 1 atom stereocenters. The van der Waals surface area contributed by atoms with Crippen LogP contribution in [-0.4, -0.2) is 30.6 Å². The van der Waals surface area contributed by atoms with Crippen LogP contribution in [0.15, 0.2) is 53.6 Å². The van der Waals surface area contributed by atoms with Crippen LogP contribution in [0.1, 0.15) is 187 Å². The van der Waals surface area contributed by atoms with Gasteiger partial charge in [-0.1, -0.05) is 140 Å². The molecule has 0 saturated carbocycles. The average molecular weight is 671 g/mol. The minimum absolute atomic E-state index is 0.0169. The fourth-order valence-electron chi connectivity index (χ4n) is 5.68. The first kappa shape index (κ1) is 45.7. The first-order valence-electron chi connectivity index (χ1n) is 20.1. The number of esters is 1. The summed E-state index contributed by atoms with van der Waals surface area (Å²) in [6.07, 6.45) is 50.2. The van der Waals surface area contributed by atoms with E-state index >= 15 is 0 Å². The van der Waals surface area contributed by atoms with Crippen molar-refractivity contribution in [3.8, 4) is 0 Å². The average Bonchev–Trinajstić information content (AvgIpc) is 3.07. The van der Waals surface area contributed by atoms with E-state index in [1.165, 1.54) is 128 Å². The smallest absolute Gasteiger partial charge is 0.323 e. The molecule has 6 heteroatoms. The topological polar surface area (TPSA) is 117 Å². The number of ether oxygens (including phenoxy) is 1. The standard InChI is InChI=1S/C42H78N4O2/c1-3-5-7-9-11-13-15-17-19-21-23-25-27-29-31-33-35-39(48-41(47)40(43)37-38-46-42(44)45)36-34-32-30-28-26-24-22-20-18-16-14-12-10-8-6-4-2/h11-14,17-20,39-40H,3-10,15-16,21-38,43H2,1-2H3,(H4,44,45,46)/t39?,40-/m0/s1. The lowest BCUT2D eigenvalue weighted by molar-refractivity contribution is -0.151. The van der Waals surface area contributed by atoms with Crippen molar-refractivity contribution in [3.05, 3.63) is 48.6 Å². The van der Waals surface area contributed by atoms with Crippen LogP contribution >= 0.6 is 0 Å². The number of allylic oxidation sites excluding steroid dienone is 8. The number of hydrogen-bond acceptors (Lipinski definition) is 4. The Balaban J connectivity index is 4.19. The number of nitrogens with zero attached hydrogens (tertiary/aromatic N) is 1. The van der Waals surface area contributed by atoms with Gasteiger partial charge in [-0.25, -0.2) is 0 Å². The van der Waals surface area contributed by atoms with Gasteiger partial charge in [0.2, 0.25) is 0 Å². The minimum atomic E-state index is -0.692. The molecular formula is C42H78N4O2. The van der Waals surface area contributed by atoms with Gasteiger partial charge in [-0.2, -0.15) is 0 Å². The van der Waals surface area contributed by atoms with Crippen LogP contribution in [0, 0.1) is 0 Å². The third kappa shape index (κ3) is 35.0. The molecule has 0 radical (unpaired) electrons. The minimum Gasteiger partial charge on any atom is -0.461 e. The molecule has 0 amide bonds. The molecule has 0 aliphatic carbocycles. The predicted octanol–water partition coefficient (Wildman–Crippen LogP) is 11.3. The Kier molecular flexibility index (Phi) is 35.7. The summed E-state index contributed by atoms with van der Waals surface area (Å²) in [6, 6.07) is -0.692. The molecule has 0 aromatic rings. The van der Waals surface area contributed by atoms with Gasteiger partial charge in [0, 0.05) is 6.54 Å². The zero-order chi connectivity index (χ0) is 35.2. The van der Waals surface area contributed by atoms with Gasteiger partial charge in [0.1, 0.15) is 12.1 Å². The van der Waals surface area contributed by atoms with E-state index in [9.17, 15) is 4.79 Å². The number of aliphatic imine (C=N–C) groups is 1. The number of unbranched alkanes of at least 4 members (excludes halogenated alkanes) is 18. The summed E-state index contributed by atoms with van der Waals surface area (Å²) in [5.74, 6) is -0.311. The van der Waals surface area contributed by atoms with Crippen LogP contribution in [0.4, 0.5) is 0 Å². The fraction of sp³-hybridized carbons (Fsp3) is 0.762. The molecule has 278 valence electrons. The maximum absolute atomic E-state index is 12.7. The molecular weight excluding hydrogens is 592 g/mol. The lowest BCUT2D eigenvalue weighted by Gasteiger charge is -2.20. The van der Waals surface area contributed by atoms with Crippen molar-refractivity contribution in [2.75, 3.05) is 6.54 Å². The van der Waals surface area contributed by atoms with Crippen molar-refractivity contribution in [2.24, 2.45) is 22.2 Å². The normalized spacial score (nSPS) is 13.3. The molecule has 0 bridgehead atoms. The summed E-state index contributed by atoms with van der Waals surface area (Å²) in [4.78, 5) is 16.6. The van der Waals surface area contributed by atoms with Crippen molar-refractivity contribution in [3.63, 3.8) is 0 Å². The van der Waals surface area contributed by atoms with Crippen LogP contribution < -0.4 is 17.2 Å². The molecule has 48 heavy (non-hydrogen) atoms. The van der Waals surface area contributed by atoms with Gasteiger partial charge in [0.15, 0.2) is 5.96 Å². The SMILES string of the molecule is CCCCCC=CCC=CCCCCCCCCC(CCCCCCCCC=CCC=CCCCCC)OC(=O)[C@@H](N)CCN=C(N)N. The van der Waals surface area contributed by atoms with Crippen molar-refractivity contribution in [1.29, 1.82) is 0 Å². The Morgan fingerprint density at radius 1 is 0.542 bits per heavy atom. The molecule has 0 spiro atoms. The quantitative estimate of drug-likeness (QED) is 0.0204. The van der Waals surface area contributed by atoms with Gasteiger partial charge in [-0.05, 0) is 96.3 Å². The summed E-state index contributed by atoms with van der Waals surface area (Å²) in [5, 5.41) is 0. The number of nitrogens with two attached hydrogens (primary N) is 3. The van der Waals surface area contributed by atoms with Crippen molar-refractivity contribution in [2.45, 2.75) is 199 Å². The van der Waals surface area contributed by atoms with E-state index in [1.54, 1.807) is 0 Å². The molecule has 0 aliphatic rings. The van der Waals surface area contributed by atoms with Crippen LogP contribution in [0.25, 0.3) is 0 Å². The van der Waals surface area contributed by atoms with Gasteiger partial charge in [0.05, 0.1) is 0 Å². The monoisotopic (exact) mass is 671 g/mol. The molecule has 0 unspecified atom stereocenters. The largest absolute Gasteiger partial charge is 0.461 e. The molecule has 0 saturated heterocycles. The zero-order valence-electron chi connectivity index (χ0n) is 31.6. The molecule has 0 rings (SSSR count). The van der Waals surface area contributed by atoms with Gasteiger partial charge in [0.25, 0.3) is 0 Å². The van der Waals surface area contributed by atoms with Crippen molar-refractivity contribution < 1.29 is 9.53 Å². The van der Waals surface area contributed by atoms with E-state index in [2.05, 4.69) is 67.4 Å². The van der Waals surface area contributed by atoms with Crippen LogP contribution in [-0.2, 0) is 9.53 Å². The number of carbonyl (C=O) groups is 1. The highest BCUT2D eigenvalue weighted by Crippen LogP contribution is 2.18. The molecule has 0 aliphatic heterocycles. The molecule has 0 fully saturated rings. The summed E-state index contributed by atoms with van der Waals surface area (Å²) < 4.78 is 5.92. The lowest BCUT2D eigenvalue weighted by atomic mass is 10.0. The fourth-order valence-corrected chi connectivity index (χ4v) is 5.68. The van der Waals surface area contributed by atoms with Crippen LogP contribution in [0.3, 0.4) is 0 Å². The first-order chi connectivity index (χ1) is 23.5.